The summed E-state index contributed by atoms with van der Waals surface area (Å²) in [5.74, 6) is 0. The van der Waals surface area contributed by atoms with Crippen LogP contribution in [0.25, 0.3) is 0 Å². The van der Waals surface area contributed by atoms with Crippen LogP contribution in [0.5, 0.6) is 0 Å². The lowest BCUT2D eigenvalue weighted by Crippen LogP contribution is -2.34. The molecule has 1 aromatic rings. The quantitative estimate of drug-likeness (QED) is 0.580. The smallest absolute Gasteiger partial charge is 0.427 e. The van der Waals surface area contributed by atoms with Crippen LogP contribution < -0.4 is 10.9 Å². The Labute approximate surface area is 89.7 Å². The van der Waals surface area contributed by atoms with E-state index in [1.165, 1.54) is 16.6 Å². The van der Waals surface area contributed by atoms with Crippen molar-refractivity contribution >= 4 is 25.0 Å². The van der Waals surface area contributed by atoms with Crippen LogP contribution in [-0.2, 0) is 22.5 Å². The summed E-state index contributed by atoms with van der Waals surface area (Å²) in [7, 11) is -0.750. The van der Waals surface area contributed by atoms with Gasteiger partial charge in [-0.25, -0.2) is 0 Å². The zero-order valence-electron chi connectivity index (χ0n) is 8.91. The van der Waals surface area contributed by atoms with Gasteiger partial charge in [-0.2, -0.15) is 0 Å². The van der Waals surface area contributed by atoms with Crippen LogP contribution in [-0.4, -0.2) is 19.1 Å². The van der Waals surface area contributed by atoms with Crippen molar-refractivity contribution in [2.24, 2.45) is 0 Å². The molecule has 15 heavy (non-hydrogen) atoms. The number of hydrogen-bond acceptors (Lipinski definition) is 3. The van der Waals surface area contributed by atoms with Crippen molar-refractivity contribution < 1.29 is 14.3 Å². The van der Waals surface area contributed by atoms with Gasteiger partial charge in [0.2, 0.25) is 0 Å². The Hall–Kier alpha value is -0.770. The van der Waals surface area contributed by atoms with E-state index in [4.69, 9.17) is 9.31 Å². The molecule has 5 heteroatoms. The molecule has 0 saturated carbocycles. The van der Waals surface area contributed by atoms with Gasteiger partial charge < -0.3 is 14.3 Å². The second-order valence-corrected chi connectivity index (χ2v) is 4.26. The lowest BCUT2D eigenvalue weighted by Gasteiger charge is -2.10. The fourth-order valence-corrected chi connectivity index (χ4v) is 2.62. The lowest BCUT2D eigenvalue weighted by atomic mass is 9.60. The van der Waals surface area contributed by atoms with Gasteiger partial charge in [0.25, 0.3) is 0 Å². The number of fused-ring (bicyclic) bond motifs is 2. The average Bonchev–Trinajstić information content (AvgIpc) is 2.74. The minimum atomic E-state index is -0.750. The summed E-state index contributed by atoms with van der Waals surface area (Å²) in [5.41, 5.74) is 5.77. The summed E-state index contributed by atoms with van der Waals surface area (Å²) in [6.45, 7) is 5.49. The highest BCUT2D eigenvalue weighted by Crippen LogP contribution is 2.20. The molecule has 0 aromatic heterocycles. The maximum atomic E-state index is 9.64. The number of hydrogen-bond donors (Lipinski definition) is 1. The second-order valence-electron chi connectivity index (χ2n) is 4.26. The lowest BCUT2D eigenvalue weighted by molar-refractivity contribution is 0.275. The molecule has 2 aliphatic heterocycles. The summed E-state index contributed by atoms with van der Waals surface area (Å²) in [5, 5.41) is 9.64. The minimum Gasteiger partial charge on any atom is -0.427 e. The van der Waals surface area contributed by atoms with Crippen LogP contribution in [0.1, 0.15) is 16.7 Å². The van der Waals surface area contributed by atoms with Crippen molar-refractivity contribution in [3.63, 3.8) is 0 Å². The Balaban J connectivity index is 2.24. The Morgan fingerprint density at radius 1 is 1.33 bits per heavy atom. The molecule has 0 spiro atoms. The van der Waals surface area contributed by atoms with Gasteiger partial charge in [-0.05, 0) is 34.5 Å². The van der Waals surface area contributed by atoms with Crippen molar-refractivity contribution in [2.75, 3.05) is 0 Å². The van der Waals surface area contributed by atoms with E-state index in [1.807, 2.05) is 6.07 Å². The SMILES string of the molecule is CB1OCc2cc3c(c(C)c21)COB3O. The van der Waals surface area contributed by atoms with Gasteiger partial charge in [-0.3, -0.25) is 0 Å². The maximum Gasteiger partial charge on any atom is 0.491 e. The fourth-order valence-electron chi connectivity index (χ4n) is 2.62. The fraction of sp³-hybridized carbons (Fsp3) is 0.400. The third-order valence-corrected chi connectivity index (χ3v) is 3.43. The molecule has 0 aliphatic carbocycles. The molecule has 0 amide bonds. The van der Waals surface area contributed by atoms with Crippen molar-refractivity contribution in [2.45, 2.75) is 27.0 Å². The molecular formula is C10H12B2O3. The molecule has 1 aromatic carbocycles. The molecule has 0 saturated heterocycles. The highest BCUT2D eigenvalue weighted by atomic mass is 16.5. The minimum absolute atomic E-state index is 0.169. The van der Waals surface area contributed by atoms with Crippen molar-refractivity contribution in [3.8, 4) is 0 Å². The molecule has 0 fully saturated rings. The molecule has 3 rings (SSSR count). The summed E-state index contributed by atoms with van der Waals surface area (Å²) < 4.78 is 10.8. The monoisotopic (exact) mass is 202 g/mol. The first-order valence-corrected chi connectivity index (χ1v) is 5.25. The first-order chi connectivity index (χ1) is 7.18. The molecule has 0 bridgehead atoms. The predicted molar refractivity (Wildman–Crippen MR) is 59.6 cm³/mol. The Bertz CT molecular complexity index is 433. The van der Waals surface area contributed by atoms with E-state index in [1.54, 1.807) is 0 Å². The molecule has 0 radical (unpaired) electrons. The van der Waals surface area contributed by atoms with E-state index in [2.05, 4.69) is 13.7 Å². The molecule has 2 heterocycles. The van der Waals surface area contributed by atoms with E-state index in [0.29, 0.717) is 13.2 Å². The van der Waals surface area contributed by atoms with Crippen LogP contribution in [0.4, 0.5) is 0 Å². The highest BCUT2D eigenvalue weighted by molar-refractivity contribution is 6.69. The van der Waals surface area contributed by atoms with Crippen molar-refractivity contribution in [1.29, 1.82) is 0 Å². The van der Waals surface area contributed by atoms with Gasteiger partial charge >= 0.3 is 14.0 Å². The second kappa shape index (κ2) is 3.11. The van der Waals surface area contributed by atoms with Crippen molar-refractivity contribution in [1.82, 2.24) is 0 Å². The predicted octanol–water partition coefficient (Wildman–Crippen LogP) is -0.429. The first-order valence-electron chi connectivity index (χ1n) is 5.25. The van der Waals surface area contributed by atoms with Crippen LogP contribution in [0.15, 0.2) is 6.07 Å². The average molecular weight is 202 g/mol. The van der Waals surface area contributed by atoms with Gasteiger partial charge in [0, 0.05) is 0 Å². The van der Waals surface area contributed by atoms with Crippen molar-refractivity contribution in [3.05, 3.63) is 22.8 Å². The van der Waals surface area contributed by atoms with Crippen LogP contribution in [0.3, 0.4) is 0 Å². The van der Waals surface area contributed by atoms with Gasteiger partial charge in [0.1, 0.15) is 0 Å². The van der Waals surface area contributed by atoms with E-state index < -0.39 is 7.12 Å². The zero-order valence-corrected chi connectivity index (χ0v) is 8.91. The zero-order chi connectivity index (χ0) is 10.6. The van der Waals surface area contributed by atoms with Crippen LogP contribution >= 0.6 is 0 Å². The van der Waals surface area contributed by atoms with Gasteiger partial charge in [0.15, 0.2) is 0 Å². The third-order valence-electron chi connectivity index (χ3n) is 3.43. The largest absolute Gasteiger partial charge is 0.491 e. The maximum absolute atomic E-state index is 9.64. The Morgan fingerprint density at radius 3 is 2.93 bits per heavy atom. The molecule has 76 valence electrons. The van der Waals surface area contributed by atoms with Crippen LogP contribution in [0.2, 0.25) is 6.82 Å². The standard InChI is InChI=1S/C10H12B2O3/c1-6-8-5-15-12(13)9(8)3-7-4-14-11(2)10(6)7/h3,13H,4-5H2,1-2H3. The van der Waals surface area contributed by atoms with E-state index in [-0.39, 0.29) is 6.92 Å². The van der Waals surface area contributed by atoms with E-state index in [9.17, 15) is 5.02 Å². The van der Waals surface area contributed by atoms with Gasteiger partial charge in [-0.15, -0.1) is 0 Å². The highest BCUT2D eigenvalue weighted by Gasteiger charge is 2.34. The summed E-state index contributed by atoms with van der Waals surface area (Å²) in [4.78, 5) is 0. The van der Waals surface area contributed by atoms with Gasteiger partial charge in [0.05, 0.1) is 13.2 Å². The molecule has 1 N–H and O–H groups in total. The molecule has 3 nitrogen and oxygen atoms in total. The third kappa shape index (κ3) is 1.20. The molecular weight excluding hydrogens is 190 g/mol. The number of benzene rings is 1. The molecule has 0 unspecified atom stereocenters. The first kappa shape index (κ1) is 9.46. The summed E-state index contributed by atoms with van der Waals surface area (Å²) >= 11 is 0. The van der Waals surface area contributed by atoms with Crippen LogP contribution in [0, 0.1) is 6.92 Å². The summed E-state index contributed by atoms with van der Waals surface area (Å²) in [6, 6.07) is 2.03. The normalized spacial score (nSPS) is 18.3. The van der Waals surface area contributed by atoms with E-state index in [0.717, 1.165) is 11.0 Å². The molecule has 0 atom stereocenters. The topological polar surface area (TPSA) is 38.7 Å². The van der Waals surface area contributed by atoms with Gasteiger partial charge in [-0.1, -0.05) is 12.9 Å². The van der Waals surface area contributed by atoms with E-state index >= 15 is 0 Å². The summed E-state index contributed by atoms with van der Waals surface area (Å²) in [6.07, 6.45) is 0. The molecule has 2 aliphatic rings. The Morgan fingerprint density at radius 2 is 2.13 bits per heavy atom. The Kier molecular flexibility index (Phi) is 1.96. The number of rotatable bonds is 0.